The Kier molecular flexibility index (Phi) is 5.25. The van der Waals surface area contributed by atoms with Crippen LogP contribution in [0.5, 0.6) is 5.75 Å². The van der Waals surface area contributed by atoms with Crippen LogP contribution in [0.15, 0.2) is 42.5 Å². The summed E-state index contributed by atoms with van der Waals surface area (Å²) in [5, 5.41) is 3.36. The van der Waals surface area contributed by atoms with Crippen molar-refractivity contribution in [3.63, 3.8) is 0 Å². The Morgan fingerprint density at radius 3 is 2.36 bits per heavy atom. The third-order valence-electron chi connectivity index (χ3n) is 2.70. The van der Waals surface area contributed by atoms with Crippen molar-refractivity contribution >= 4 is 40.7 Å². The van der Waals surface area contributed by atoms with Gasteiger partial charge in [0.2, 0.25) is 5.91 Å². The second-order valence-corrected chi connectivity index (χ2v) is 5.19. The van der Waals surface area contributed by atoms with Crippen LogP contribution >= 0.6 is 23.2 Å². The molecule has 0 aliphatic heterocycles. The molecule has 2 aromatic carbocycles. The molecule has 3 N–H and O–H groups in total. The first kappa shape index (κ1) is 16.1. The largest absolute Gasteiger partial charge is 0.484 e. The molecular formula is C15H12Cl2N2O3. The molecule has 0 saturated carbocycles. The molecule has 0 heterocycles. The summed E-state index contributed by atoms with van der Waals surface area (Å²) in [6.45, 7) is -0.170. The second-order valence-electron chi connectivity index (χ2n) is 4.35. The molecule has 0 aromatic heterocycles. The number of nitrogens with one attached hydrogen (secondary N) is 1. The van der Waals surface area contributed by atoms with E-state index in [0.29, 0.717) is 16.5 Å². The fraction of sp³-hybridized carbons (Fsp3) is 0.0667. The third-order valence-corrected chi connectivity index (χ3v) is 3.27. The van der Waals surface area contributed by atoms with Crippen LogP contribution in [0.25, 0.3) is 0 Å². The van der Waals surface area contributed by atoms with Gasteiger partial charge in [-0.2, -0.15) is 0 Å². The van der Waals surface area contributed by atoms with Crippen molar-refractivity contribution in [3.05, 3.63) is 58.1 Å². The highest BCUT2D eigenvalue weighted by Crippen LogP contribution is 2.20. The zero-order chi connectivity index (χ0) is 16.1. The zero-order valence-corrected chi connectivity index (χ0v) is 12.8. The van der Waals surface area contributed by atoms with Gasteiger partial charge in [0.15, 0.2) is 6.61 Å². The van der Waals surface area contributed by atoms with E-state index in [4.69, 9.17) is 33.7 Å². The molecule has 2 amide bonds. The molecule has 0 aliphatic carbocycles. The maximum absolute atomic E-state index is 11.8. The van der Waals surface area contributed by atoms with Crippen LogP contribution in [0.4, 0.5) is 5.69 Å². The van der Waals surface area contributed by atoms with E-state index in [1.165, 1.54) is 18.2 Å². The quantitative estimate of drug-likeness (QED) is 0.878. The Balaban J connectivity index is 1.93. The Hall–Kier alpha value is -2.24. The first-order valence-electron chi connectivity index (χ1n) is 6.23. The highest BCUT2D eigenvalue weighted by atomic mass is 35.5. The van der Waals surface area contributed by atoms with Gasteiger partial charge in [0.1, 0.15) is 5.75 Å². The first-order valence-corrected chi connectivity index (χ1v) is 6.99. The number of carbonyl (C=O) groups excluding carboxylic acids is 2. The summed E-state index contributed by atoms with van der Waals surface area (Å²) in [5.74, 6) is -0.464. The normalized spacial score (nSPS) is 10.1. The van der Waals surface area contributed by atoms with Gasteiger partial charge in [-0.3, -0.25) is 9.59 Å². The molecule has 0 radical (unpaired) electrons. The summed E-state index contributed by atoms with van der Waals surface area (Å²) in [6, 6.07) is 11.1. The van der Waals surface area contributed by atoms with Gasteiger partial charge in [0, 0.05) is 10.7 Å². The number of primary amides is 1. The van der Waals surface area contributed by atoms with E-state index in [1.54, 1.807) is 24.3 Å². The molecule has 2 rings (SSSR count). The first-order chi connectivity index (χ1) is 10.5. The molecule has 5 nitrogen and oxygen atoms in total. The predicted molar refractivity (Wildman–Crippen MR) is 85.5 cm³/mol. The summed E-state index contributed by atoms with van der Waals surface area (Å²) in [4.78, 5) is 22.8. The summed E-state index contributed by atoms with van der Waals surface area (Å²) in [5.41, 5.74) is 5.78. The minimum Gasteiger partial charge on any atom is -0.484 e. The Morgan fingerprint density at radius 2 is 1.77 bits per heavy atom. The number of amides is 2. The van der Waals surface area contributed by atoms with Gasteiger partial charge in [-0.15, -0.1) is 0 Å². The molecule has 0 fully saturated rings. The van der Waals surface area contributed by atoms with Crippen molar-refractivity contribution in [2.75, 3.05) is 11.9 Å². The number of rotatable bonds is 5. The fourth-order valence-electron chi connectivity index (χ4n) is 1.67. The Bertz CT molecular complexity index is 702. The van der Waals surface area contributed by atoms with Crippen LogP contribution in [0.3, 0.4) is 0 Å². The third kappa shape index (κ3) is 4.38. The lowest BCUT2D eigenvalue weighted by atomic mass is 10.2. The number of halogens is 2. The van der Waals surface area contributed by atoms with Crippen LogP contribution in [0.2, 0.25) is 10.0 Å². The number of hydrogen-bond acceptors (Lipinski definition) is 3. The molecule has 2 aromatic rings. The van der Waals surface area contributed by atoms with E-state index >= 15 is 0 Å². The highest BCUT2D eigenvalue weighted by molar-refractivity contribution is 6.34. The lowest BCUT2D eigenvalue weighted by Gasteiger charge is -2.09. The van der Waals surface area contributed by atoms with Crippen LogP contribution in [0.1, 0.15) is 10.4 Å². The average Bonchev–Trinajstić information content (AvgIpc) is 2.46. The standard InChI is InChI=1S/C15H12Cl2N2O3/c16-9-1-4-11(5-2-9)22-8-14(20)19-10-3-6-12(15(18)21)13(17)7-10/h1-7H,8H2,(H2,18,21)(H,19,20). The van der Waals surface area contributed by atoms with Crippen LogP contribution in [-0.4, -0.2) is 18.4 Å². The highest BCUT2D eigenvalue weighted by Gasteiger charge is 2.09. The van der Waals surface area contributed by atoms with Crippen molar-refractivity contribution in [1.82, 2.24) is 0 Å². The molecule has 114 valence electrons. The molecule has 7 heteroatoms. The summed E-state index contributed by atoms with van der Waals surface area (Å²) in [7, 11) is 0. The van der Waals surface area contributed by atoms with Crippen LogP contribution in [-0.2, 0) is 4.79 Å². The molecule has 0 aliphatic rings. The lowest BCUT2D eigenvalue weighted by Crippen LogP contribution is -2.20. The van der Waals surface area contributed by atoms with Crippen LogP contribution in [0, 0.1) is 0 Å². The van der Waals surface area contributed by atoms with E-state index in [2.05, 4.69) is 5.32 Å². The zero-order valence-electron chi connectivity index (χ0n) is 11.3. The number of nitrogens with two attached hydrogens (primary N) is 1. The van der Waals surface area contributed by atoms with Gasteiger partial charge >= 0.3 is 0 Å². The van der Waals surface area contributed by atoms with E-state index < -0.39 is 5.91 Å². The molecule has 22 heavy (non-hydrogen) atoms. The van der Waals surface area contributed by atoms with Crippen molar-refractivity contribution in [2.45, 2.75) is 0 Å². The van der Waals surface area contributed by atoms with Crippen molar-refractivity contribution in [2.24, 2.45) is 5.73 Å². The minimum absolute atomic E-state index is 0.170. The number of benzene rings is 2. The molecule has 0 unspecified atom stereocenters. The van der Waals surface area contributed by atoms with Gasteiger partial charge in [0.05, 0.1) is 10.6 Å². The van der Waals surface area contributed by atoms with Gasteiger partial charge < -0.3 is 15.8 Å². The summed E-state index contributed by atoms with van der Waals surface area (Å²) >= 11 is 11.7. The van der Waals surface area contributed by atoms with Gasteiger partial charge in [0.25, 0.3) is 5.91 Å². The van der Waals surface area contributed by atoms with Gasteiger partial charge in [-0.05, 0) is 42.5 Å². The Morgan fingerprint density at radius 1 is 1.09 bits per heavy atom. The number of carbonyl (C=O) groups is 2. The summed E-state index contributed by atoms with van der Waals surface area (Å²) in [6.07, 6.45) is 0. The van der Waals surface area contributed by atoms with E-state index in [1.807, 2.05) is 0 Å². The number of ether oxygens (including phenoxy) is 1. The molecule has 0 atom stereocenters. The second kappa shape index (κ2) is 7.15. The lowest BCUT2D eigenvalue weighted by molar-refractivity contribution is -0.118. The smallest absolute Gasteiger partial charge is 0.262 e. The fourth-order valence-corrected chi connectivity index (χ4v) is 2.07. The van der Waals surface area contributed by atoms with E-state index in [0.717, 1.165) is 0 Å². The van der Waals surface area contributed by atoms with E-state index in [-0.39, 0.29) is 23.1 Å². The topological polar surface area (TPSA) is 81.4 Å². The maximum Gasteiger partial charge on any atom is 0.262 e. The molecule has 0 bridgehead atoms. The monoisotopic (exact) mass is 338 g/mol. The maximum atomic E-state index is 11.8. The van der Waals surface area contributed by atoms with Gasteiger partial charge in [-0.25, -0.2) is 0 Å². The van der Waals surface area contributed by atoms with Crippen molar-refractivity contribution < 1.29 is 14.3 Å². The number of anilines is 1. The molecule has 0 saturated heterocycles. The number of hydrogen-bond donors (Lipinski definition) is 2. The van der Waals surface area contributed by atoms with Crippen molar-refractivity contribution in [1.29, 1.82) is 0 Å². The summed E-state index contributed by atoms with van der Waals surface area (Å²) < 4.78 is 5.31. The Labute approximate surface area is 137 Å². The minimum atomic E-state index is -0.631. The van der Waals surface area contributed by atoms with Crippen molar-refractivity contribution in [3.8, 4) is 5.75 Å². The molecule has 0 spiro atoms. The van der Waals surface area contributed by atoms with E-state index in [9.17, 15) is 9.59 Å². The van der Waals surface area contributed by atoms with Gasteiger partial charge in [-0.1, -0.05) is 23.2 Å². The van der Waals surface area contributed by atoms with Crippen LogP contribution < -0.4 is 15.8 Å². The SMILES string of the molecule is NC(=O)c1ccc(NC(=O)COc2ccc(Cl)cc2)cc1Cl. The predicted octanol–water partition coefficient (Wildman–Crippen LogP) is 3.11. The molecular weight excluding hydrogens is 327 g/mol. The average molecular weight is 339 g/mol.